The van der Waals surface area contributed by atoms with Gasteiger partial charge in [0.2, 0.25) is 0 Å². The Hall–Kier alpha value is -2.92. The second kappa shape index (κ2) is 7.77. The van der Waals surface area contributed by atoms with Crippen LogP contribution in [0.2, 0.25) is 0 Å². The molecule has 3 rings (SSSR count). The Morgan fingerprint density at radius 3 is 2.40 bits per heavy atom. The summed E-state index contributed by atoms with van der Waals surface area (Å²) >= 11 is 1.28. The predicted molar refractivity (Wildman–Crippen MR) is 99.7 cm³/mol. The first-order chi connectivity index (χ1) is 12.1. The van der Waals surface area contributed by atoms with Gasteiger partial charge in [-0.1, -0.05) is 54.6 Å². The summed E-state index contributed by atoms with van der Waals surface area (Å²) in [6, 6.07) is 20.8. The molecule has 0 aliphatic heterocycles. The number of anilines is 1. The van der Waals surface area contributed by atoms with Gasteiger partial charge in [-0.2, -0.15) is 0 Å². The molecule has 0 unspecified atom stereocenters. The van der Waals surface area contributed by atoms with E-state index in [0.29, 0.717) is 10.6 Å². The van der Waals surface area contributed by atoms with Gasteiger partial charge in [0.05, 0.1) is 0 Å². The van der Waals surface area contributed by atoms with Crippen molar-refractivity contribution in [1.29, 1.82) is 0 Å². The van der Waals surface area contributed by atoms with E-state index in [9.17, 15) is 9.59 Å². The van der Waals surface area contributed by atoms with Gasteiger partial charge < -0.3 is 10.1 Å². The standard InChI is InChI=1S/C20H17NO3S/c1-14(24-20(23)18-12-7-13-25-18)19(22)21-17-11-6-5-10-16(17)15-8-3-2-4-9-15/h2-14H,1H3,(H,21,22)/t14-/m1/s1. The first-order valence-corrected chi connectivity index (χ1v) is 8.73. The summed E-state index contributed by atoms with van der Waals surface area (Å²) < 4.78 is 5.23. The lowest BCUT2D eigenvalue weighted by atomic mass is 10.0. The van der Waals surface area contributed by atoms with Crippen molar-refractivity contribution < 1.29 is 14.3 Å². The highest BCUT2D eigenvalue weighted by Gasteiger charge is 2.20. The van der Waals surface area contributed by atoms with Gasteiger partial charge in [0, 0.05) is 11.3 Å². The Balaban J connectivity index is 1.72. The summed E-state index contributed by atoms with van der Waals surface area (Å²) in [6.07, 6.45) is -0.890. The van der Waals surface area contributed by atoms with E-state index in [1.165, 1.54) is 11.3 Å². The first-order valence-electron chi connectivity index (χ1n) is 7.85. The fourth-order valence-electron chi connectivity index (χ4n) is 2.36. The maximum absolute atomic E-state index is 12.4. The summed E-state index contributed by atoms with van der Waals surface area (Å²) in [7, 11) is 0. The van der Waals surface area contributed by atoms with Crippen LogP contribution in [0, 0.1) is 0 Å². The SMILES string of the molecule is C[C@@H](OC(=O)c1cccs1)C(=O)Nc1ccccc1-c1ccccc1. The molecule has 0 saturated heterocycles. The minimum atomic E-state index is -0.890. The van der Waals surface area contributed by atoms with Crippen molar-refractivity contribution in [1.82, 2.24) is 0 Å². The summed E-state index contributed by atoms with van der Waals surface area (Å²) in [5.41, 5.74) is 2.59. The third kappa shape index (κ3) is 4.14. The number of hydrogen-bond acceptors (Lipinski definition) is 4. The van der Waals surface area contributed by atoms with Crippen LogP contribution in [0.5, 0.6) is 0 Å². The van der Waals surface area contributed by atoms with E-state index in [0.717, 1.165) is 11.1 Å². The number of para-hydroxylation sites is 1. The van der Waals surface area contributed by atoms with Crippen LogP contribution in [0.3, 0.4) is 0 Å². The van der Waals surface area contributed by atoms with Gasteiger partial charge in [0.15, 0.2) is 6.10 Å². The molecule has 5 heteroatoms. The van der Waals surface area contributed by atoms with E-state index in [2.05, 4.69) is 5.32 Å². The molecule has 3 aromatic rings. The van der Waals surface area contributed by atoms with E-state index in [1.54, 1.807) is 24.4 Å². The van der Waals surface area contributed by atoms with Gasteiger partial charge in [-0.25, -0.2) is 4.79 Å². The molecule has 0 bridgehead atoms. The molecule has 1 heterocycles. The molecular formula is C20H17NO3S. The van der Waals surface area contributed by atoms with Crippen molar-refractivity contribution in [2.75, 3.05) is 5.32 Å². The Bertz CT molecular complexity index is 860. The van der Waals surface area contributed by atoms with Gasteiger partial charge in [0.1, 0.15) is 4.88 Å². The van der Waals surface area contributed by atoms with Crippen LogP contribution in [0.15, 0.2) is 72.1 Å². The van der Waals surface area contributed by atoms with Crippen LogP contribution in [0.25, 0.3) is 11.1 Å². The van der Waals surface area contributed by atoms with Crippen molar-refractivity contribution in [2.24, 2.45) is 0 Å². The topological polar surface area (TPSA) is 55.4 Å². The molecule has 0 aliphatic carbocycles. The van der Waals surface area contributed by atoms with E-state index < -0.39 is 12.1 Å². The average molecular weight is 351 g/mol. The summed E-state index contributed by atoms with van der Waals surface area (Å²) in [5, 5.41) is 4.64. The monoisotopic (exact) mass is 351 g/mol. The molecular weight excluding hydrogens is 334 g/mol. The molecule has 0 spiro atoms. The van der Waals surface area contributed by atoms with Crippen LogP contribution in [-0.4, -0.2) is 18.0 Å². The number of carbonyl (C=O) groups excluding carboxylic acids is 2. The number of nitrogens with one attached hydrogen (secondary N) is 1. The zero-order chi connectivity index (χ0) is 17.6. The van der Waals surface area contributed by atoms with Crippen molar-refractivity contribution in [3.63, 3.8) is 0 Å². The maximum atomic E-state index is 12.4. The number of benzene rings is 2. The number of amides is 1. The lowest BCUT2D eigenvalue weighted by molar-refractivity contribution is -0.123. The molecule has 2 aromatic carbocycles. The number of rotatable bonds is 5. The van der Waals surface area contributed by atoms with Crippen LogP contribution < -0.4 is 5.32 Å². The fraction of sp³-hybridized carbons (Fsp3) is 0.100. The third-order valence-electron chi connectivity index (χ3n) is 3.65. The molecule has 0 saturated carbocycles. The van der Waals surface area contributed by atoms with Crippen LogP contribution in [0.1, 0.15) is 16.6 Å². The minimum Gasteiger partial charge on any atom is -0.448 e. The largest absolute Gasteiger partial charge is 0.448 e. The highest BCUT2D eigenvalue weighted by molar-refractivity contribution is 7.11. The average Bonchev–Trinajstić information content (AvgIpc) is 3.17. The molecule has 1 amide bonds. The fourth-order valence-corrected chi connectivity index (χ4v) is 2.97. The van der Waals surface area contributed by atoms with Gasteiger partial charge in [-0.05, 0) is 30.0 Å². The van der Waals surface area contributed by atoms with Crippen molar-refractivity contribution >= 4 is 28.9 Å². The summed E-state index contributed by atoms with van der Waals surface area (Å²) in [4.78, 5) is 24.9. The number of carbonyl (C=O) groups is 2. The van der Waals surface area contributed by atoms with E-state index in [4.69, 9.17) is 4.74 Å². The van der Waals surface area contributed by atoms with Gasteiger partial charge in [-0.3, -0.25) is 4.79 Å². The normalized spacial score (nSPS) is 11.6. The molecule has 25 heavy (non-hydrogen) atoms. The smallest absolute Gasteiger partial charge is 0.349 e. The zero-order valence-electron chi connectivity index (χ0n) is 13.6. The maximum Gasteiger partial charge on any atom is 0.349 e. The van der Waals surface area contributed by atoms with Gasteiger partial charge >= 0.3 is 5.97 Å². The molecule has 0 aliphatic rings. The summed E-state index contributed by atoms with van der Waals surface area (Å²) in [6.45, 7) is 1.56. The molecule has 126 valence electrons. The van der Waals surface area contributed by atoms with Crippen molar-refractivity contribution in [3.05, 3.63) is 77.0 Å². The third-order valence-corrected chi connectivity index (χ3v) is 4.50. The Morgan fingerprint density at radius 2 is 1.68 bits per heavy atom. The minimum absolute atomic E-state index is 0.367. The van der Waals surface area contributed by atoms with Crippen LogP contribution >= 0.6 is 11.3 Å². The van der Waals surface area contributed by atoms with Gasteiger partial charge in [0.25, 0.3) is 5.91 Å². The number of thiophene rings is 1. The molecule has 1 N–H and O–H groups in total. The Morgan fingerprint density at radius 1 is 0.960 bits per heavy atom. The summed E-state index contributed by atoms with van der Waals surface area (Å²) in [5.74, 6) is -0.859. The lowest BCUT2D eigenvalue weighted by Gasteiger charge is -2.15. The molecule has 1 aromatic heterocycles. The Kier molecular flexibility index (Phi) is 5.26. The van der Waals surface area contributed by atoms with Gasteiger partial charge in [-0.15, -0.1) is 11.3 Å². The highest BCUT2D eigenvalue weighted by atomic mass is 32.1. The quantitative estimate of drug-likeness (QED) is 0.684. The zero-order valence-corrected chi connectivity index (χ0v) is 14.5. The molecule has 1 atom stereocenters. The number of ether oxygens (including phenoxy) is 1. The molecule has 0 fully saturated rings. The van der Waals surface area contributed by atoms with Crippen molar-refractivity contribution in [3.8, 4) is 11.1 Å². The second-order valence-electron chi connectivity index (χ2n) is 5.43. The van der Waals surface area contributed by atoms with E-state index in [1.807, 2.05) is 54.6 Å². The van der Waals surface area contributed by atoms with E-state index in [-0.39, 0.29) is 5.91 Å². The molecule has 0 radical (unpaired) electrons. The number of hydrogen-bond donors (Lipinski definition) is 1. The van der Waals surface area contributed by atoms with Crippen LogP contribution in [-0.2, 0) is 9.53 Å². The molecule has 4 nitrogen and oxygen atoms in total. The van der Waals surface area contributed by atoms with E-state index >= 15 is 0 Å². The van der Waals surface area contributed by atoms with Crippen LogP contribution in [0.4, 0.5) is 5.69 Å². The predicted octanol–water partition coefficient (Wildman–Crippen LogP) is 4.60. The highest BCUT2D eigenvalue weighted by Crippen LogP contribution is 2.27. The first kappa shape index (κ1) is 16.9. The van der Waals surface area contributed by atoms with Crippen molar-refractivity contribution in [2.45, 2.75) is 13.0 Å². The Labute approximate surface area is 150 Å². The number of esters is 1. The lowest BCUT2D eigenvalue weighted by Crippen LogP contribution is -2.30. The second-order valence-corrected chi connectivity index (χ2v) is 6.37.